The zero-order chi connectivity index (χ0) is 25.9. The van der Waals surface area contributed by atoms with Gasteiger partial charge in [-0.15, -0.1) is 0 Å². The van der Waals surface area contributed by atoms with Crippen LogP contribution in [0.25, 0.3) is 16.7 Å². The number of pyridine rings is 1. The van der Waals surface area contributed by atoms with Crippen molar-refractivity contribution in [3.05, 3.63) is 72.3 Å². The zero-order valence-electron chi connectivity index (χ0n) is 21.4. The van der Waals surface area contributed by atoms with Gasteiger partial charge in [-0.2, -0.15) is 0 Å². The minimum Gasteiger partial charge on any atom is -0.343 e. The van der Waals surface area contributed by atoms with Crippen LogP contribution in [0.5, 0.6) is 0 Å². The summed E-state index contributed by atoms with van der Waals surface area (Å²) < 4.78 is 15.6. The summed E-state index contributed by atoms with van der Waals surface area (Å²) >= 11 is 0. The van der Waals surface area contributed by atoms with Crippen LogP contribution in [0.15, 0.2) is 60.9 Å². The lowest BCUT2D eigenvalue weighted by Crippen LogP contribution is -2.55. The quantitative estimate of drug-likeness (QED) is 0.472. The SMILES string of the molecule is CNC(C)C(=O)NC(C(=O)N1CC=CC1c1ccnc(-n2ccc3cc(F)ccc32)c1)C1CCCCC1. The van der Waals surface area contributed by atoms with E-state index in [0.717, 1.165) is 42.1 Å². The van der Waals surface area contributed by atoms with Crippen molar-refractivity contribution < 1.29 is 14.0 Å². The number of carbonyl (C=O) groups is 2. The van der Waals surface area contributed by atoms with Gasteiger partial charge in [0.2, 0.25) is 11.8 Å². The minimum absolute atomic E-state index is 0.0428. The number of carbonyl (C=O) groups excluding carboxylic acids is 2. The second-order valence-corrected chi connectivity index (χ2v) is 10.1. The number of nitrogens with zero attached hydrogens (tertiary/aromatic N) is 3. The van der Waals surface area contributed by atoms with E-state index in [2.05, 4.69) is 15.6 Å². The number of fused-ring (bicyclic) bond motifs is 1. The van der Waals surface area contributed by atoms with Crippen molar-refractivity contribution in [1.29, 1.82) is 0 Å². The zero-order valence-corrected chi connectivity index (χ0v) is 21.4. The predicted octanol–water partition coefficient (Wildman–Crippen LogP) is 4.28. The van der Waals surface area contributed by atoms with E-state index in [1.807, 2.05) is 46.0 Å². The first kappa shape index (κ1) is 25.1. The standard InChI is InChI=1S/C29H34FN5O2/c1-19(31-2)28(36)33-27(20-7-4-3-5-8-20)29(37)35-15-6-9-24(35)21-12-14-32-26(18-21)34-16-13-22-17-23(30)10-11-25(22)34/h6,9-14,16-20,24,27,31H,3-5,7-8,15H2,1-2H3,(H,33,36). The van der Waals surface area contributed by atoms with Crippen molar-refractivity contribution in [2.45, 2.75) is 57.2 Å². The van der Waals surface area contributed by atoms with Crippen LogP contribution in [0.1, 0.15) is 50.6 Å². The van der Waals surface area contributed by atoms with Crippen LogP contribution in [-0.4, -0.2) is 51.9 Å². The van der Waals surface area contributed by atoms with Gasteiger partial charge in [-0.25, -0.2) is 9.37 Å². The lowest BCUT2D eigenvalue weighted by molar-refractivity contribution is -0.139. The fourth-order valence-corrected chi connectivity index (χ4v) is 5.54. The van der Waals surface area contributed by atoms with Crippen LogP contribution < -0.4 is 10.6 Å². The fourth-order valence-electron chi connectivity index (χ4n) is 5.54. The number of halogens is 1. The molecule has 0 spiro atoms. The number of nitrogens with one attached hydrogen (secondary N) is 2. The van der Waals surface area contributed by atoms with E-state index in [1.165, 1.54) is 18.6 Å². The summed E-state index contributed by atoms with van der Waals surface area (Å²) in [6.07, 6.45) is 12.9. The van der Waals surface area contributed by atoms with Gasteiger partial charge in [0.05, 0.1) is 17.6 Å². The van der Waals surface area contributed by atoms with E-state index in [1.54, 1.807) is 26.2 Å². The van der Waals surface area contributed by atoms with Crippen molar-refractivity contribution in [1.82, 2.24) is 25.1 Å². The molecule has 2 N–H and O–H groups in total. The van der Waals surface area contributed by atoms with Crippen LogP contribution in [0.2, 0.25) is 0 Å². The van der Waals surface area contributed by atoms with Gasteiger partial charge in [-0.1, -0.05) is 31.4 Å². The molecule has 1 aliphatic carbocycles. The molecule has 1 fully saturated rings. The maximum Gasteiger partial charge on any atom is 0.246 e. The molecule has 1 aromatic carbocycles. The number of rotatable bonds is 7. The molecule has 5 rings (SSSR count). The molecule has 2 aliphatic rings. The Hall–Kier alpha value is -3.52. The molecule has 0 radical (unpaired) electrons. The van der Waals surface area contributed by atoms with Crippen LogP contribution in [0.3, 0.4) is 0 Å². The molecule has 3 atom stereocenters. The van der Waals surface area contributed by atoms with Crippen LogP contribution in [0.4, 0.5) is 4.39 Å². The third-order valence-electron chi connectivity index (χ3n) is 7.76. The molecule has 7 nitrogen and oxygen atoms in total. The Labute approximate surface area is 216 Å². The summed E-state index contributed by atoms with van der Waals surface area (Å²) in [5.41, 5.74) is 1.80. The largest absolute Gasteiger partial charge is 0.343 e. The van der Waals surface area contributed by atoms with Crippen molar-refractivity contribution >= 4 is 22.7 Å². The molecular weight excluding hydrogens is 469 g/mol. The summed E-state index contributed by atoms with van der Waals surface area (Å²) in [7, 11) is 1.74. The highest BCUT2D eigenvalue weighted by molar-refractivity contribution is 5.90. The minimum atomic E-state index is -0.546. The van der Waals surface area contributed by atoms with Crippen LogP contribution >= 0.6 is 0 Å². The third-order valence-corrected chi connectivity index (χ3v) is 7.76. The highest BCUT2D eigenvalue weighted by atomic mass is 19.1. The highest BCUT2D eigenvalue weighted by Crippen LogP contribution is 2.33. The molecule has 1 saturated carbocycles. The van der Waals surface area contributed by atoms with Gasteiger partial charge in [0.15, 0.2) is 0 Å². The van der Waals surface area contributed by atoms with Crippen molar-refractivity contribution in [2.24, 2.45) is 5.92 Å². The molecule has 194 valence electrons. The summed E-state index contributed by atoms with van der Waals surface area (Å²) in [6.45, 7) is 2.29. The van der Waals surface area contributed by atoms with E-state index >= 15 is 0 Å². The number of benzene rings is 1. The molecule has 2 amide bonds. The number of aromatic nitrogens is 2. The van der Waals surface area contributed by atoms with E-state index < -0.39 is 6.04 Å². The van der Waals surface area contributed by atoms with Crippen LogP contribution in [0, 0.1) is 11.7 Å². The summed E-state index contributed by atoms with van der Waals surface area (Å²) in [6, 6.07) is 9.28. The maximum atomic E-state index is 14.0. The second-order valence-electron chi connectivity index (χ2n) is 10.1. The number of amides is 2. The number of likely N-dealkylation sites (N-methyl/N-ethyl adjacent to an activating group) is 1. The molecule has 2 aromatic heterocycles. The van der Waals surface area contributed by atoms with E-state index in [0.29, 0.717) is 12.4 Å². The Balaban J connectivity index is 1.42. The fraction of sp³-hybridized carbons (Fsp3) is 0.414. The molecule has 3 aromatic rings. The molecule has 0 bridgehead atoms. The first-order valence-corrected chi connectivity index (χ1v) is 13.1. The summed E-state index contributed by atoms with van der Waals surface area (Å²) in [5.74, 6) is 0.360. The monoisotopic (exact) mass is 503 g/mol. The van der Waals surface area contributed by atoms with E-state index in [9.17, 15) is 14.0 Å². The Kier molecular flexibility index (Phi) is 7.37. The van der Waals surface area contributed by atoms with Gasteiger partial charge in [-0.3, -0.25) is 9.59 Å². The average Bonchev–Trinajstić information content (AvgIpc) is 3.58. The van der Waals surface area contributed by atoms with Gasteiger partial charge < -0.3 is 20.1 Å². The first-order valence-electron chi connectivity index (χ1n) is 13.1. The maximum absolute atomic E-state index is 14.0. The van der Waals surface area contributed by atoms with Crippen molar-refractivity contribution in [3.8, 4) is 5.82 Å². The molecule has 3 unspecified atom stereocenters. The van der Waals surface area contributed by atoms with Crippen LogP contribution in [-0.2, 0) is 9.59 Å². The molecule has 1 aliphatic heterocycles. The van der Waals surface area contributed by atoms with Gasteiger partial charge in [0.25, 0.3) is 0 Å². The molecule has 0 saturated heterocycles. The lowest BCUT2D eigenvalue weighted by Gasteiger charge is -2.35. The Morgan fingerprint density at radius 1 is 1.11 bits per heavy atom. The topological polar surface area (TPSA) is 79.3 Å². The Bertz CT molecular complexity index is 1310. The second kappa shape index (κ2) is 10.8. The van der Waals surface area contributed by atoms with E-state index in [4.69, 9.17) is 0 Å². The van der Waals surface area contributed by atoms with Gasteiger partial charge >= 0.3 is 0 Å². The molecule has 37 heavy (non-hydrogen) atoms. The molecule has 3 heterocycles. The average molecular weight is 504 g/mol. The predicted molar refractivity (Wildman–Crippen MR) is 142 cm³/mol. The van der Waals surface area contributed by atoms with Crippen molar-refractivity contribution in [3.63, 3.8) is 0 Å². The van der Waals surface area contributed by atoms with Gasteiger partial charge in [-0.05, 0) is 74.7 Å². The Morgan fingerprint density at radius 3 is 2.70 bits per heavy atom. The lowest BCUT2D eigenvalue weighted by atomic mass is 9.83. The third kappa shape index (κ3) is 5.16. The molecular formula is C29H34FN5O2. The number of hydrogen-bond acceptors (Lipinski definition) is 4. The summed E-state index contributed by atoms with van der Waals surface area (Å²) in [5, 5.41) is 6.85. The highest BCUT2D eigenvalue weighted by Gasteiger charge is 2.37. The first-order chi connectivity index (χ1) is 18.0. The number of hydrogen-bond donors (Lipinski definition) is 2. The normalized spacial score (nSPS) is 19.8. The van der Waals surface area contributed by atoms with Gasteiger partial charge in [0.1, 0.15) is 17.7 Å². The Morgan fingerprint density at radius 2 is 1.92 bits per heavy atom. The molecule has 8 heteroatoms. The van der Waals surface area contributed by atoms with E-state index in [-0.39, 0.29) is 35.6 Å². The van der Waals surface area contributed by atoms with Crippen molar-refractivity contribution in [2.75, 3.05) is 13.6 Å². The summed E-state index contributed by atoms with van der Waals surface area (Å²) in [4.78, 5) is 33.2. The smallest absolute Gasteiger partial charge is 0.246 e. The van der Waals surface area contributed by atoms with Gasteiger partial charge in [0, 0.05) is 24.3 Å².